The number of rotatable bonds is 5. The maximum Gasteiger partial charge on any atom is 0.272 e. The van der Waals surface area contributed by atoms with Crippen LogP contribution in [0.3, 0.4) is 0 Å². The van der Waals surface area contributed by atoms with Crippen LogP contribution in [0, 0.1) is 5.92 Å². The van der Waals surface area contributed by atoms with Crippen molar-refractivity contribution < 1.29 is 4.79 Å². The zero-order valence-corrected chi connectivity index (χ0v) is 14.7. The molecular weight excluding hydrogens is 286 g/mol. The Bertz CT molecular complexity index is 557. The van der Waals surface area contributed by atoms with Gasteiger partial charge >= 0.3 is 0 Å². The molecule has 0 unspecified atom stereocenters. The van der Waals surface area contributed by atoms with E-state index in [1.165, 1.54) is 12.8 Å². The van der Waals surface area contributed by atoms with Crippen LogP contribution < -0.4 is 0 Å². The standard InChI is InChI=1S/C19H29N3O/c1-4-8-15-13-22(14-15)19(2,3)17-10-7-9-16(20-17)18(23)21-11-5-6-12-21/h7,9-10,15H,4-6,8,11-14H2,1-3H3. The summed E-state index contributed by atoms with van der Waals surface area (Å²) in [7, 11) is 0. The molecule has 3 heterocycles. The van der Waals surface area contributed by atoms with E-state index in [4.69, 9.17) is 4.98 Å². The molecule has 2 aliphatic heterocycles. The molecule has 2 saturated heterocycles. The van der Waals surface area contributed by atoms with Crippen LogP contribution in [0.25, 0.3) is 0 Å². The second-order valence-electron chi connectivity index (χ2n) is 7.53. The van der Waals surface area contributed by atoms with E-state index in [2.05, 4.69) is 31.7 Å². The van der Waals surface area contributed by atoms with Crippen LogP contribution in [-0.2, 0) is 5.54 Å². The van der Waals surface area contributed by atoms with E-state index in [1.807, 2.05) is 17.0 Å². The van der Waals surface area contributed by atoms with Gasteiger partial charge in [-0.2, -0.15) is 0 Å². The molecule has 1 aromatic rings. The van der Waals surface area contributed by atoms with Gasteiger partial charge in [-0.1, -0.05) is 19.4 Å². The Morgan fingerprint density at radius 1 is 1.26 bits per heavy atom. The van der Waals surface area contributed by atoms with Crippen LogP contribution >= 0.6 is 0 Å². The van der Waals surface area contributed by atoms with Gasteiger partial charge in [0.15, 0.2) is 0 Å². The van der Waals surface area contributed by atoms with E-state index in [0.29, 0.717) is 5.69 Å². The van der Waals surface area contributed by atoms with Gasteiger partial charge < -0.3 is 4.90 Å². The number of nitrogens with zero attached hydrogens (tertiary/aromatic N) is 3. The predicted octanol–water partition coefficient (Wildman–Crippen LogP) is 3.28. The van der Waals surface area contributed by atoms with Gasteiger partial charge in [0.1, 0.15) is 5.69 Å². The van der Waals surface area contributed by atoms with E-state index < -0.39 is 0 Å². The fourth-order valence-electron chi connectivity index (χ4n) is 3.76. The van der Waals surface area contributed by atoms with Crippen LogP contribution in [0.2, 0.25) is 0 Å². The van der Waals surface area contributed by atoms with Crippen LogP contribution in [-0.4, -0.2) is 46.9 Å². The molecule has 0 bridgehead atoms. The van der Waals surface area contributed by atoms with Crippen molar-refractivity contribution in [2.45, 2.75) is 52.0 Å². The van der Waals surface area contributed by atoms with Gasteiger partial charge in [-0.25, -0.2) is 4.98 Å². The first kappa shape index (κ1) is 16.4. The van der Waals surface area contributed by atoms with Gasteiger partial charge in [0.2, 0.25) is 0 Å². The zero-order valence-electron chi connectivity index (χ0n) is 14.7. The monoisotopic (exact) mass is 315 g/mol. The average molecular weight is 315 g/mol. The van der Waals surface area contributed by atoms with Gasteiger partial charge in [0.25, 0.3) is 5.91 Å². The Kier molecular flexibility index (Phi) is 4.72. The number of hydrogen-bond donors (Lipinski definition) is 0. The number of hydrogen-bond acceptors (Lipinski definition) is 3. The summed E-state index contributed by atoms with van der Waals surface area (Å²) in [5.74, 6) is 0.918. The van der Waals surface area contributed by atoms with E-state index in [-0.39, 0.29) is 11.4 Å². The lowest BCUT2D eigenvalue weighted by Crippen LogP contribution is -2.55. The van der Waals surface area contributed by atoms with Gasteiger partial charge in [-0.15, -0.1) is 0 Å². The Morgan fingerprint density at radius 3 is 2.61 bits per heavy atom. The fraction of sp³-hybridized carbons (Fsp3) is 0.684. The van der Waals surface area contributed by atoms with Gasteiger partial charge in [0, 0.05) is 26.2 Å². The first-order valence-corrected chi connectivity index (χ1v) is 9.04. The summed E-state index contributed by atoms with van der Waals surface area (Å²) in [4.78, 5) is 21.7. The van der Waals surface area contributed by atoms with E-state index in [9.17, 15) is 4.79 Å². The summed E-state index contributed by atoms with van der Waals surface area (Å²) in [5, 5.41) is 0. The zero-order chi connectivity index (χ0) is 16.4. The maximum atomic E-state index is 12.6. The normalized spacial score (nSPS) is 19.9. The molecule has 3 rings (SSSR count). The molecule has 4 nitrogen and oxygen atoms in total. The first-order chi connectivity index (χ1) is 11.0. The third-order valence-corrected chi connectivity index (χ3v) is 5.43. The lowest BCUT2D eigenvalue weighted by Gasteiger charge is -2.49. The largest absolute Gasteiger partial charge is 0.337 e. The number of carbonyl (C=O) groups is 1. The van der Waals surface area contributed by atoms with Crippen molar-refractivity contribution in [1.29, 1.82) is 0 Å². The number of likely N-dealkylation sites (tertiary alicyclic amines) is 2. The highest BCUT2D eigenvalue weighted by Gasteiger charge is 2.39. The average Bonchev–Trinajstić information content (AvgIpc) is 3.04. The van der Waals surface area contributed by atoms with Crippen molar-refractivity contribution in [2.75, 3.05) is 26.2 Å². The second kappa shape index (κ2) is 6.60. The predicted molar refractivity (Wildman–Crippen MR) is 92.4 cm³/mol. The molecule has 2 aliphatic rings. The third kappa shape index (κ3) is 3.27. The van der Waals surface area contributed by atoms with Crippen LogP contribution in [0.5, 0.6) is 0 Å². The van der Waals surface area contributed by atoms with Crippen molar-refractivity contribution >= 4 is 5.91 Å². The highest BCUT2D eigenvalue weighted by atomic mass is 16.2. The molecule has 0 aliphatic carbocycles. The van der Waals surface area contributed by atoms with Crippen molar-refractivity contribution in [3.8, 4) is 0 Å². The van der Waals surface area contributed by atoms with Gasteiger partial charge in [-0.3, -0.25) is 9.69 Å². The van der Waals surface area contributed by atoms with Crippen molar-refractivity contribution in [1.82, 2.24) is 14.8 Å². The lowest BCUT2D eigenvalue weighted by atomic mass is 9.86. The molecule has 0 saturated carbocycles. The first-order valence-electron chi connectivity index (χ1n) is 9.04. The Morgan fingerprint density at radius 2 is 1.96 bits per heavy atom. The molecule has 2 fully saturated rings. The quantitative estimate of drug-likeness (QED) is 0.836. The maximum absolute atomic E-state index is 12.6. The van der Waals surface area contributed by atoms with Crippen molar-refractivity contribution in [2.24, 2.45) is 5.92 Å². The molecule has 1 aromatic heterocycles. The summed E-state index contributed by atoms with van der Waals surface area (Å²) in [5.41, 5.74) is 1.51. The summed E-state index contributed by atoms with van der Waals surface area (Å²) in [6.45, 7) is 10.7. The highest BCUT2D eigenvalue weighted by Crippen LogP contribution is 2.34. The highest BCUT2D eigenvalue weighted by molar-refractivity contribution is 5.92. The molecule has 0 radical (unpaired) electrons. The topological polar surface area (TPSA) is 36.4 Å². The third-order valence-electron chi connectivity index (χ3n) is 5.43. The number of pyridine rings is 1. The molecule has 0 N–H and O–H groups in total. The van der Waals surface area contributed by atoms with Gasteiger partial charge in [-0.05, 0) is 51.2 Å². The fourth-order valence-corrected chi connectivity index (χ4v) is 3.76. The molecule has 0 aromatic carbocycles. The molecule has 126 valence electrons. The van der Waals surface area contributed by atoms with Crippen LogP contribution in [0.15, 0.2) is 18.2 Å². The summed E-state index contributed by atoms with van der Waals surface area (Å²) in [6.07, 6.45) is 4.80. The smallest absolute Gasteiger partial charge is 0.272 e. The summed E-state index contributed by atoms with van der Waals surface area (Å²) < 4.78 is 0. The molecule has 0 atom stereocenters. The molecule has 23 heavy (non-hydrogen) atoms. The Hall–Kier alpha value is -1.42. The van der Waals surface area contributed by atoms with Crippen molar-refractivity contribution in [3.05, 3.63) is 29.6 Å². The molecule has 1 amide bonds. The minimum atomic E-state index is -0.106. The van der Waals surface area contributed by atoms with Crippen molar-refractivity contribution in [3.63, 3.8) is 0 Å². The Balaban J connectivity index is 1.72. The lowest BCUT2D eigenvalue weighted by molar-refractivity contribution is -0.00486. The minimum absolute atomic E-state index is 0.0904. The number of aromatic nitrogens is 1. The van der Waals surface area contributed by atoms with E-state index in [1.54, 1.807) is 0 Å². The SMILES string of the molecule is CCCC1CN(C(C)(C)c2cccc(C(=O)N3CCCC3)n2)C1. The Labute approximate surface area is 139 Å². The number of carbonyl (C=O) groups excluding carboxylic acids is 1. The molecular formula is C19H29N3O. The number of amides is 1. The minimum Gasteiger partial charge on any atom is -0.337 e. The molecule has 0 spiro atoms. The van der Waals surface area contributed by atoms with Gasteiger partial charge in [0.05, 0.1) is 11.2 Å². The van der Waals surface area contributed by atoms with E-state index >= 15 is 0 Å². The molecule has 4 heteroatoms. The second-order valence-corrected chi connectivity index (χ2v) is 7.53. The van der Waals surface area contributed by atoms with E-state index in [0.717, 1.165) is 50.6 Å². The van der Waals surface area contributed by atoms with Crippen LogP contribution in [0.4, 0.5) is 0 Å². The summed E-state index contributed by atoms with van der Waals surface area (Å²) >= 11 is 0. The summed E-state index contributed by atoms with van der Waals surface area (Å²) in [6, 6.07) is 5.90. The van der Waals surface area contributed by atoms with Crippen LogP contribution in [0.1, 0.15) is 62.6 Å².